The number of Topliss-reactive ketones (excluding diaryl/α,β-unsaturated/α-hetero) is 1. The number of carbonyl (C=O) groups excluding carboxylic acids is 2. The largest absolute Gasteiger partial charge is 0.507 e. The highest BCUT2D eigenvalue weighted by Crippen LogP contribution is 2.39. The first kappa shape index (κ1) is 22.1. The van der Waals surface area contributed by atoms with Gasteiger partial charge in [-0.05, 0) is 56.7 Å². The first-order valence-electron chi connectivity index (χ1n) is 10.1. The molecular weight excluding hydrogens is 400 g/mol. The Hall–Kier alpha value is -2.63. The third-order valence-corrected chi connectivity index (χ3v) is 5.58. The molecule has 1 N–H and O–H groups in total. The van der Waals surface area contributed by atoms with Crippen molar-refractivity contribution in [2.24, 2.45) is 0 Å². The van der Waals surface area contributed by atoms with Crippen molar-refractivity contribution >= 4 is 29.1 Å². The molecule has 0 aromatic heterocycles. The lowest BCUT2D eigenvalue weighted by Gasteiger charge is -2.26. The predicted octanol–water partition coefficient (Wildman–Crippen LogP) is 4.28. The molecule has 6 heteroatoms. The Bertz CT molecular complexity index is 967. The molecule has 0 radical (unpaired) electrons. The van der Waals surface area contributed by atoms with Gasteiger partial charge >= 0.3 is 0 Å². The summed E-state index contributed by atoms with van der Waals surface area (Å²) in [6.07, 6.45) is 1.62. The lowest BCUT2D eigenvalue weighted by Crippen LogP contribution is -2.32. The summed E-state index contributed by atoms with van der Waals surface area (Å²) in [6.45, 7) is 3.29. The Labute approximate surface area is 182 Å². The van der Waals surface area contributed by atoms with Gasteiger partial charge in [0.1, 0.15) is 5.76 Å². The summed E-state index contributed by atoms with van der Waals surface area (Å²) in [6, 6.07) is 13.9. The molecule has 1 atom stereocenters. The number of halogens is 1. The lowest BCUT2D eigenvalue weighted by atomic mass is 9.94. The fraction of sp³-hybridized carbons (Fsp3) is 0.333. The van der Waals surface area contributed by atoms with Crippen LogP contribution in [0.5, 0.6) is 0 Å². The highest BCUT2D eigenvalue weighted by atomic mass is 35.5. The van der Waals surface area contributed by atoms with E-state index in [-0.39, 0.29) is 11.3 Å². The Balaban J connectivity index is 2.09. The van der Waals surface area contributed by atoms with Crippen LogP contribution in [0.2, 0.25) is 5.02 Å². The molecule has 158 valence electrons. The molecule has 1 heterocycles. The minimum absolute atomic E-state index is 0.108. The van der Waals surface area contributed by atoms with E-state index in [1.54, 1.807) is 29.2 Å². The second kappa shape index (κ2) is 9.45. The van der Waals surface area contributed by atoms with Gasteiger partial charge in [0.2, 0.25) is 0 Å². The molecule has 1 aliphatic heterocycles. The first-order valence-corrected chi connectivity index (χ1v) is 10.5. The van der Waals surface area contributed by atoms with Gasteiger partial charge in [-0.3, -0.25) is 9.59 Å². The van der Waals surface area contributed by atoms with Crippen LogP contribution in [-0.2, 0) is 16.0 Å². The van der Waals surface area contributed by atoms with Crippen molar-refractivity contribution in [2.75, 3.05) is 27.2 Å². The van der Waals surface area contributed by atoms with Gasteiger partial charge in [0.05, 0.1) is 11.6 Å². The van der Waals surface area contributed by atoms with Crippen LogP contribution >= 0.6 is 11.6 Å². The Morgan fingerprint density at radius 1 is 1.13 bits per heavy atom. The quantitative estimate of drug-likeness (QED) is 0.408. The van der Waals surface area contributed by atoms with Crippen LogP contribution in [0.25, 0.3) is 5.76 Å². The van der Waals surface area contributed by atoms with E-state index in [1.807, 2.05) is 43.3 Å². The van der Waals surface area contributed by atoms with E-state index in [0.717, 1.165) is 30.5 Å². The zero-order valence-electron chi connectivity index (χ0n) is 17.6. The molecule has 30 heavy (non-hydrogen) atoms. The van der Waals surface area contributed by atoms with E-state index in [1.165, 1.54) is 0 Å². The molecule has 1 saturated heterocycles. The minimum atomic E-state index is -0.665. The van der Waals surface area contributed by atoms with E-state index < -0.39 is 17.7 Å². The number of likely N-dealkylation sites (tertiary alicyclic amines) is 1. The number of rotatable bonds is 7. The van der Waals surface area contributed by atoms with Crippen LogP contribution in [0.3, 0.4) is 0 Å². The van der Waals surface area contributed by atoms with Crippen molar-refractivity contribution in [3.63, 3.8) is 0 Å². The minimum Gasteiger partial charge on any atom is -0.507 e. The molecule has 5 nitrogen and oxygen atoms in total. The molecular formula is C24H27ClN2O3. The van der Waals surface area contributed by atoms with Crippen molar-refractivity contribution in [3.05, 3.63) is 75.8 Å². The fourth-order valence-corrected chi connectivity index (χ4v) is 3.93. The summed E-state index contributed by atoms with van der Waals surface area (Å²) in [5.41, 5.74) is 2.50. The number of nitrogens with zero attached hydrogens (tertiary/aromatic N) is 2. The monoisotopic (exact) mass is 426 g/mol. The van der Waals surface area contributed by atoms with Gasteiger partial charge in [-0.1, -0.05) is 54.9 Å². The zero-order valence-corrected chi connectivity index (χ0v) is 18.3. The number of hydrogen-bond acceptors (Lipinski definition) is 4. The van der Waals surface area contributed by atoms with Crippen LogP contribution < -0.4 is 0 Å². The van der Waals surface area contributed by atoms with Gasteiger partial charge in [0.15, 0.2) is 0 Å². The maximum absolute atomic E-state index is 13.0. The van der Waals surface area contributed by atoms with Crippen LogP contribution in [0.15, 0.2) is 54.1 Å². The SMILES string of the molecule is CCc1ccc(C2/C(=C(/O)c3cccc(Cl)c3)C(=O)C(=O)N2CCCN(C)C)cc1. The van der Waals surface area contributed by atoms with E-state index in [0.29, 0.717) is 17.1 Å². The molecule has 1 aliphatic rings. The average Bonchev–Trinajstić information content (AvgIpc) is 2.98. The number of aliphatic hydroxyl groups excluding tert-OH is 1. The van der Waals surface area contributed by atoms with Gasteiger partial charge in [-0.2, -0.15) is 0 Å². The van der Waals surface area contributed by atoms with Crippen LogP contribution in [0, 0.1) is 0 Å². The second-order valence-electron chi connectivity index (χ2n) is 7.75. The highest BCUT2D eigenvalue weighted by Gasteiger charge is 2.45. The average molecular weight is 427 g/mol. The number of ketones is 1. The van der Waals surface area contributed by atoms with Crippen LogP contribution in [0.4, 0.5) is 0 Å². The summed E-state index contributed by atoms with van der Waals surface area (Å²) >= 11 is 6.07. The molecule has 0 aliphatic carbocycles. The smallest absolute Gasteiger partial charge is 0.295 e. The predicted molar refractivity (Wildman–Crippen MR) is 119 cm³/mol. The maximum atomic E-state index is 13.0. The van der Waals surface area contributed by atoms with Crippen LogP contribution in [-0.4, -0.2) is 53.8 Å². The van der Waals surface area contributed by atoms with Gasteiger partial charge in [0.25, 0.3) is 11.7 Å². The summed E-state index contributed by atoms with van der Waals surface area (Å²) in [7, 11) is 3.93. The van der Waals surface area contributed by atoms with E-state index >= 15 is 0 Å². The Morgan fingerprint density at radius 3 is 2.43 bits per heavy atom. The van der Waals surface area contributed by atoms with Crippen molar-refractivity contribution in [3.8, 4) is 0 Å². The highest BCUT2D eigenvalue weighted by molar-refractivity contribution is 6.46. The molecule has 3 rings (SSSR count). The lowest BCUT2D eigenvalue weighted by molar-refractivity contribution is -0.139. The molecule has 0 saturated carbocycles. The molecule has 0 spiro atoms. The molecule has 0 bridgehead atoms. The van der Waals surface area contributed by atoms with Gasteiger partial charge < -0.3 is 14.9 Å². The van der Waals surface area contributed by atoms with Crippen molar-refractivity contribution in [1.82, 2.24) is 9.80 Å². The number of benzene rings is 2. The standard InChI is InChI=1S/C24H27ClN2O3/c1-4-16-9-11-17(12-10-16)21-20(22(28)18-7-5-8-19(25)15-18)23(29)24(30)27(21)14-6-13-26(2)3/h5,7-12,15,21,28H,4,6,13-14H2,1-3H3/b22-20-. The number of carbonyl (C=O) groups is 2. The van der Waals surface area contributed by atoms with E-state index in [2.05, 4.69) is 6.92 Å². The summed E-state index contributed by atoms with van der Waals surface area (Å²) in [5.74, 6) is -1.45. The topological polar surface area (TPSA) is 60.9 Å². The third kappa shape index (κ3) is 4.58. The van der Waals surface area contributed by atoms with E-state index in [4.69, 9.17) is 11.6 Å². The van der Waals surface area contributed by atoms with Gasteiger partial charge in [-0.25, -0.2) is 0 Å². The summed E-state index contributed by atoms with van der Waals surface area (Å²) in [4.78, 5) is 29.5. The number of aliphatic hydroxyl groups is 1. The Morgan fingerprint density at radius 2 is 1.83 bits per heavy atom. The van der Waals surface area contributed by atoms with Crippen LogP contribution in [0.1, 0.15) is 36.1 Å². The van der Waals surface area contributed by atoms with Crippen molar-refractivity contribution in [2.45, 2.75) is 25.8 Å². The number of hydrogen-bond donors (Lipinski definition) is 1. The number of aryl methyl sites for hydroxylation is 1. The maximum Gasteiger partial charge on any atom is 0.295 e. The molecule has 1 amide bonds. The molecule has 2 aromatic carbocycles. The normalized spacial score (nSPS) is 18.4. The van der Waals surface area contributed by atoms with Crippen molar-refractivity contribution < 1.29 is 14.7 Å². The summed E-state index contributed by atoms with van der Waals surface area (Å²) in [5, 5.41) is 11.5. The Kier molecular flexibility index (Phi) is 6.95. The zero-order chi connectivity index (χ0) is 21.8. The second-order valence-corrected chi connectivity index (χ2v) is 8.19. The molecule has 1 unspecified atom stereocenters. The number of amides is 1. The van der Waals surface area contributed by atoms with Gasteiger partial charge in [0, 0.05) is 17.1 Å². The first-order chi connectivity index (χ1) is 14.3. The van der Waals surface area contributed by atoms with E-state index in [9.17, 15) is 14.7 Å². The summed E-state index contributed by atoms with van der Waals surface area (Å²) < 4.78 is 0. The van der Waals surface area contributed by atoms with Gasteiger partial charge in [-0.15, -0.1) is 0 Å². The fourth-order valence-electron chi connectivity index (χ4n) is 3.74. The van der Waals surface area contributed by atoms with Crippen molar-refractivity contribution in [1.29, 1.82) is 0 Å². The molecule has 2 aromatic rings. The third-order valence-electron chi connectivity index (χ3n) is 5.35. The molecule has 1 fully saturated rings.